The van der Waals surface area contributed by atoms with Gasteiger partial charge in [0.2, 0.25) is 0 Å². The molecule has 11 heteroatoms. The van der Waals surface area contributed by atoms with Crippen LogP contribution in [0.3, 0.4) is 0 Å². The Morgan fingerprint density at radius 3 is 2.00 bits per heavy atom. The van der Waals surface area contributed by atoms with Crippen molar-refractivity contribution in [2.45, 2.75) is 25.7 Å². The van der Waals surface area contributed by atoms with Gasteiger partial charge in [-0.05, 0) is 49.4 Å². The molecule has 0 atom stereocenters. The van der Waals surface area contributed by atoms with Crippen LogP contribution in [0, 0.1) is 10.1 Å². The number of nitro groups is 1. The van der Waals surface area contributed by atoms with E-state index in [1.807, 2.05) is 0 Å². The van der Waals surface area contributed by atoms with Gasteiger partial charge in [-0.2, -0.15) is 5.11 Å². The Hall–Kier alpha value is -4.54. The number of azo groups is 2. The van der Waals surface area contributed by atoms with Crippen molar-refractivity contribution >= 4 is 34.1 Å². The lowest BCUT2D eigenvalue weighted by atomic mass is 9.90. The number of hydrogen-bond acceptors (Lipinski definition) is 10. The average molecular weight is 517 g/mol. The molecule has 38 heavy (non-hydrogen) atoms. The van der Waals surface area contributed by atoms with Gasteiger partial charge in [-0.15, -0.1) is 15.3 Å². The zero-order valence-corrected chi connectivity index (χ0v) is 21.5. The van der Waals surface area contributed by atoms with E-state index in [0.717, 1.165) is 44.5 Å². The van der Waals surface area contributed by atoms with Gasteiger partial charge in [-0.25, -0.2) is 0 Å². The van der Waals surface area contributed by atoms with Crippen LogP contribution in [0.1, 0.15) is 24.0 Å². The second kappa shape index (κ2) is 10.8. The van der Waals surface area contributed by atoms with Crippen molar-refractivity contribution in [1.82, 2.24) is 0 Å². The van der Waals surface area contributed by atoms with Gasteiger partial charge in [0.15, 0.2) is 5.75 Å². The van der Waals surface area contributed by atoms with E-state index in [4.69, 9.17) is 14.2 Å². The lowest BCUT2D eigenvalue weighted by Crippen LogP contribution is -2.34. The summed E-state index contributed by atoms with van der Waals surface area (Å²) < 4.78 is 16.9. The fraction of sp³-hybridized carbons (Fsp3) is 0.333. The molecule has 0 N–H and O–H groups in total. The van der Waals surface area contributed by atoms with E-state index in [-0.39, 0.29) is 5.69 Å². The summed E-state index contributed by atoms with van der Waals surface area (Å²) in [5.74, 6) is 1.63. The highest BCUT2D eigenvalue weighted by molar-refractivity contribution is 5.74. The van der Waals surface area contributed by atoms with Crippen LogP contribution in [0.2, 0.25) is 0 Å². The monoisotopic (exact) mass is 516 g/mol. The molecule has 0 aromatic heterocycles. The highest BCUT2D eigenvalue weighted by atomic mass is 16.6. The van der Waals surface area contributed by atoms with Crippen LogP contribution in [-0.4, -0.2) is 39.3 Å². The van der Waals surface area contributed by atoms with Gasteiger partial charge >= 0.3 is 0 Å². The molecular weight excluding hydrogens is 488 g/mol. The average Bonchev–Trinajstić information content (AvgIpc) is 2.95. The molecule has 0 bridgehead atoms. The Morgan fingerprint density at radius 2 is 1.39 bits per heavy atom. The van der Waals surface area contributed by atoms with Gasteiger partial charge < -0.3 is 19.1 Å². The molecule has 0 spiro atoms. The van der Waals surface area contributed by atoms with Crippen molar-refractivity contribution in [1.29, 1.82) is 0 Å². The molecule has 2 heterocycles. The minimum Gasteiger partial charge on any atom is -0.494 e. The highest BCUT2D eigenvalue weighted by Crippen LogP contribution is 2.47. The van der Waals surface area contributed by atoms with Crippen LogP contribution >= 0.6 is 0 Å². The van der Waals surface area contributed by atoms with Crippen molar-refractivity contribution in [2.75, 3.05) is 39.3 Å². The zero-order chi connectivity index (χ0) is 26.6. The lowest BCUT2D eigenvalue weighted by molar-refractivity contribution is -0.384. The topological polar surface area (TPSA) is 124 Å². The van der Waals surface area contributed by atoms with Crippen LogP contribution in [-0.2, 0) is 12.8 Å². The Kier molecular flexibility index (Phi) is 7.16. The van der Waals surface area contributed by atoms with Crippen molar-refractivity contribution < 1.29 is 19.1 Å². The summed E-state index contributed by atoms with van der Waals surface area (Å²) in [7, 11) is 4.74. The molecule has 3 aromatic rings. The van der Waals surface area contributed by atoms with Gasteiger partial charge in [0, 0.05) is 48.6 Å². The first-order valence-corrected chi connectivity index (χ1v) is 12.3. The quantitative estimate of drug-likeness (QED) is 0.178. The number of rotatable bonds is 8. The molecule has 0 saturated heterocycles. The van der Waals surface area contributed by atoms with E-state index in [9.17, 15) is 10.1 Å². The summed E-state index contributed by atoms with van der Waals surface area (Å²) in [5, 5.41) is 28.4. The Labute approximate surface area is 219 Å². The van der Waals surface area contributed by atoms with Gasteiger partial charge in [-0.3, -0.25) is 10.1 Å². The van der Waals surface area contributed by atoms with E-state index >= 15 is 0 Å². The third kappa shape index (κ3) is 4.86. The fourth-order valence-electron chi connectivity index (χ4n) is 5.00. The maximum absolute atomic E-state index is 10.9. The molecule has 2 aliphatic heterocycles. The molecule has 0 aliphatic carbocycles. The normalized spacial score (nSPS) is 14.6. The second-order valence-electron chi connectivity index (χ2n) is 8.98. The minimum atomic E-state index is -0.466. The Bertz CT molecular complexity index is 1420. The fourth-order valence-corrected chi connectivity index (χ4v) is 5.00. The maximum atomic E-state index is 10.9. The zero-order valence-electron chi connectivity index (χ0n) is 21.5. The Balaban J connectivity index is 1.47. The van der Waals surface area contributed by atoms with Crippen LogP contribution in [0.5, 0.6) is 17.2 Å². The maximum Gasteiger partial charge on any atom is 0.269 e. The molecule has 5 rings (SSSR count). The first kappa shape index (κ1) is 25.1. The highest BCUT2D eigenvalue weighted by Gasteiger charge is 2.28. The molecule has 0 radical (unpaired) electrons. The van der Waals surface area contributed by atoms with E-state index in [2.05, 4.69) is 31.4 Å². The Morgan fingerprint density at radius 1 is 0.789 bits per heavy atom. The smallest absolute Gasteiger partial charge is 0.269 e. The SMILES string of the molecule is COc1cc(N=Nc2cc3c4c(c2OC)CCCN4CCC3)c(OC)cc1N=Nc1ccc([N+](=O)[O-])cc1. The first-order valence-electron chi connectivity index (χ1n) is 12.3. The summed E-state index contributed by atoms with van der Waals surface area (Å²) in [6, 6.07) is 11.2. The van der Waals surface area contributed by atoms with Crippen molar-refractivity contribution in [3.8, 4) is 17.2 Å². The molecule has 3 aromatic carbocycles. The number of hydrogen-bond donors (Lipinski definition) is 0. The summed E-state index contributed by atoms with van der Waals surface area (Å²) in [4.78, 5) is 12.9. The molecule has 0 fully saturated rings. The molecule has 2 aliphatic rings. The summed E-state index contributed by atoms with van der Waals surface area (Å²) in [6.07, 6.45) is 4.18. The number of benzene rings is 3. The van der Waals surface area contributed by atoms with Crippen LogP contribution in [0.15, 0.2) is 62.9 Å². The van der Waals surface area contributed by atoms with E-state index in [1.165, 1.54) is 55.3 Å². The summed E-state index contributed by atoms with van der Waals surface area (Å²) >= 11 is 0. The third-order valence-corrected chi connectivity index (χ3v) is 6.74. The number of ether oxygens (including phenoxy) is 3. The van der Waals surface area contributed by atoms with Gasteiger partial charge in [-0.1, -0.05) is 0 Å². The molecule has 0 saturated carbocycles. The number of nitro benzene ring substituents is 1. The number of nitrogens with zero attached hydrogens (tertiary/aromatic N) is 6. The van der Waals surface area contributed by atoms with E-state index in [0.29, 0.717) is 34.2 Å². The number of non-ortho nitro benzene ring substituents is 1. The minimum absolute atomic E-state index is 0.0184. The van der Waals surface area contributed by atoms with Gasteiger partial charge in [0.05, 0.1) is 31.9 Å². The number of anilines is 1. The predicted molar refractivity (Wildman–Crippen MR) is 143 cm³/mol. The van der Waals surface area contributed by atoms with Crippen molar-refractivity contribution in [3.63, 3.8) is 0 Å². The standard InChI is InChI=1S/C27H28N6O5/c1-36-24-16-22(25(37-2)15-21(24)29-28-18-8-10-19(11-9-18)33(34)35)30-31-23-14-17-6-4-12-32-13-5-7-20(26(17)32)27(23)38-3/h8-11,14-16H,4-7,12-13H2,1-3H3. The lowest BCUT2D eigenvalue weighted by Gasteiger charge is -2.37. The van der Waals surface area contributed by atoms with Gasteiger partial charge in [0.1, 0.15) is 28.6 Å². The summed E-state index contributed by atoms with van der Waals surface area (Å²) in [5.41, 5.74) is 5.81. The third-order valence-electron chi connectivity index (χ3n) is 6.74. The van der Waals surface area contributed by atoms with Crippen molar-refractivity contribution in [3.05, 3.63) is 63.7 Å². The molecule has 0 unspecified atom stereocenters. The van der Waals surface area contributed by atoms with E-state index < -0.39 is 4.92 Å². The summed E-state index contributed by atoms with van der Waals surface area (Å²) in [6.45, 7) is 2.16. The van der Waals surface area contributed by atoms with E-state index in [1.54, 1.807) is 19.2 Å². The molecule has 11 nitrogen and oxygen atoms in total. The molecule has 196 valence electrons. The second-order valence-corrected chi connectivity index (χ2v) is 8.98. The predicted octanol–water partition coefficient (Wildman–Crippen LogP) is 7.15. The molecule has 0 amide bonds. The van der Waals surface area contributed by atoms with Gasteiger partial charge in [0.25, 0.3) is 5.69 Å². The largest absolute Gasteiger partial charge is 0.494 e. The number of aryl methyl sites for hydroxylation is 1. The van der Waals surface area contributed by atoms with Crippen LogP contribution in [0.25, 0.3) is 0 Å². The number of methoxy groups -OCH3 is 3. The van der Waals surface area contributed by atoms with Crippen molar-refractivity contribution in [2.24, 2.45) is 20.5 Å². The molecular formula is C27H28N6O5. The van der Waals surface area contributed by atoms with Crippen LogP contribution < -0.4 is 19.1 Å². The van der Waals surface area contributed by atoms with Crippen LogP contribution in [0.4, 0.5) is 34.1 Å². The first-order chi connectivity index (χ1) is 18.5.